The van der Waals surface area contributed by atoms with Gasteiger partial charge in [0.2, 0.25) is 0 Å². The third-order valence-electron chi connectivity index (χ3n) is 2.37. The monoisotopic (exact) mass is 238 g/mol. The largest absolute Gasteiger partial charge is 0.494 e. The van der Waals surface area contributed by atoms with Gasteiger partial charge < -0.3 is 25.7 Å². The molecule has 0 amide bonds. The number of ether oxygens (including phenoxy) is 1. The van der Waals surface area contributed by atoms with Crippen LogP contribution in [0.2, 0.25) is 0 Å². The zero-order valence-corrected chi connectivity index (χ0v) is 9.54. The van der Waals surface area contributed by atoms with Crippen LogP contribution in [0.1, 0.15) is 18.1 Å². The van der Waals surface area contributed by atoms with Gasteiger partial charge in [0.25, 0.3) is 0 Å². The second kappa shape index (κ2) is 7.29. The fourth-order valence-electron chi connectivity index (χ4n) is 1.49. The van der Waals surface area contributed by atoms with Gasteiger partial charge in [-0.2, -0.15) is 0 Å². The average molecular weight is 238 g/mol. The van der Waals surface area contributed by atoms with E-state index in [-0.39, 0.29) is 13.2 Å². The first-order valence-corrected chi connectivity index (χ1v) is 5.46. The summed E-state index contributed by atoms with van der Waals surface area (Å²) in [5, 5.41) is 27.5. The Hall–Kier alpha value is -1.08. The molecular weight excluding hydrogens is 221 g/mol. The molecule has 93 valence electrons. The lowest BCUT2D eigenvalue weighted by Gasteiger charge is -2.16. The highest BCUT2D eigenvalue weighted by Gasteiger charge is 2.15. The van der Waals surface area contributed by atoms with Gasteiger partial charge in [-0.1, -0.05) is 12.1 Å². The number of nitrogens with two attached hydrogens (primary N) is 1. The SMILES string of the molecule is NCC(O)c1cccc(OCCCO)c1[B]O. The van der Waals surface area contributed by atoms with E-state index >= 15 is 0 Å². The van der Waals surface area contributed by atoms with Crippen LogP contribution < -0.4 is 15.9 Å². The summed E-state index contributed by atoms with van der Waals surface area (Å²) < 4.78 is 5.40. The Morgan fingerprint density at radius 2 is 2.18 bits per heavy atom. The first kappa shape index (κ1) is 14.0. The van der Waals surface area contributed by atoms with Crippen LogP contribution in [-0.2, 0) is 0 Å². The molecule has 1 rings (SSSR count). The van der Waals surface area contributed by atoms with Crippen LogP contribution in [-0.4, -0.2) is 42.5 Å². The molecule has 1 unspecified atom stereocenters. The first-order chi connectivity index (χ1) is 8.24. The summed E-state index contributed by atoms with van der Waals surface area (Å²) in [6, 6.07) is 5.08. The molecule has 5 nitrogen and oxygen atoms in total. The van der Waals surface area contributed by atoms with Crippen LogP contribution in [0.3, 0.4) is 0 Å². The summed E-state index contributed by atoms with van der Waals surface area (Å²) in [6.45, 7) is 0.462. The van der Waals surface area contributed by atoms with E-state index in [9.17, 15) is 10.1 Å². The minimum atomic E-state index is -0.838. The van der Waals surface area contributed by atoms with Gasteiger partial charge in [0.1, 0.15) is 5.75 Å². The molecule has 0 bridgehead atoms. The summed E-state index contributed by atoms with van der Waals surface area (Å²) in [5.41, 5.74) is 6.32. The van der Waals surface area contributed by atoms with Crippen molar-refractivity contribution < 1.29 is 20.0 Å². The Morgan fingerprint density at radius 3 is 2.76 bits per heavy atom. The van der Waals surface area contributed by atoms with Crippen LogP contribution in [0, 0.1) is 0 Å². The second-order valence-electron chi connectivity index (χ2n) is 3.57. The summed E-state index contributed by atoms with van der Waals surface area (Å²) >= 11 is 0. The highest BCUT2D eigenvalue weighted by molar-refractivity contribution is 6.47. The second-order valence-corrected chi connectivity index (χ2v) is 3.57. The molecule has 1 aromatic rings. The van der Waals surface area contributed by atoms with Crippen molar-refractivity contribution in [1.82, 2.24) is 0 Å². The van der Waals surface area contributed by atoms with Crippen molar-refractivity contribution in [3.05, 3.63) is 23.8 Å². The summed E-state index contributed by atoms with van der Waals surface area (Å²) in [4.78, 5) is 0. The zero-order valence-electron chi connectivity index (χ0n) is 9.54. The third kappa shape index (κ3) is 3.71. The van der Waals surface area contributed by atoms with Crippen molar-refractivity contribution in [2.75, 3.05) is 19.8 Å². The molecule has 0 spiro atoms. The van der Waals surface area contributed by atoms with Gasteiger partial charge >= 0.3 is 7.48 Å². The number of aliphatic hydroxyl groups excluding tert-OH is 2. The highest BCUT2D eigenvalue weighted by atomic mass is 16.5. The van der Waals surface area contributed by atoms with Crippen molar-refractivity contribution >= 4 is 12.9 Å². The molecule has 0 saturated carbocycles. The number of benzene rings is 1. The summed E-state index contributed by atoms with van der Waals surface area (Å²) in [5.74, 6) is 0.464. The molecule has 0 heterocycles. The smallest absolute Gasteiger partial charge is 0.331 e. The molecule has 1 aromatic carbocycles. The van der Waals surface area contributed by atoms with Crippen LogP contribution in [0.5, 0.6) is 5.75 Å². The van der Waals surface area contributed by atoms with Crippen molar-refractivity contribution in [2.45, 2.75) is 12.5 Å². The van der Waals surface area contributed by atoms with Gasteiger partial charge in [-0.3, -0.25) is 0 Å². The van der Waals surface area contributed by atoms with E-state index < -0.39 is 6.10 Å². The fraction of sp³-hybridized carbons (Fsp3) is 0.455. The minimum Gasteiger partial charge on any atom is -0.494 e. The van der Waals surface area contributed by atoms with Crippen molar-refractivity contribution in [2.24, 2.45) is 5.73 Å². The lowest BCUT2D eigenvalue weighted by atomic mass is 9.81. The Labute approximate surface area is 101 Å². The number of hydrogen-bond donors (Lipinski definition) is 4. The van der Waals surface area contributed by atoms with E-state index in [1.165, 1.54) is 0 Å². The predicted octanol–water partition coefficient (Wildman–Crippen LogP) is -1.32. The van der Waals surface area contributed by atoms with Crippen molar-refractivity contribution in [3.63, 3.8) is 0 Å². The molecule has 1 radical (unpaired) electrons. The predicted molar refractivity (Wildman–Crippen MR) is 65.3 cm³/mol. The molecular formula is C11H17BNO4. The Bertz CT molecular complexity index is 348. The fourth-order valence-corrected chi connectivity index (χ4v) is 1.49. The Balaban J connectivity index is 2.89. The molecule has 0 aromatic heterocycles. The number of aliphatic hydroxyl groups is 2. The molecule has 0 aliphatic carbocycles. The summed E-state index contributed by atoms with van der Waals surface area (Å²) in [6.07, 6.45) is -0.330. The zero-order chi connectivity index (χ0) is 12.7. The molecule has 5 N–H and O–H groups in total. The Kier molecular flexibility index (Phi) is 6.00. The lowest BCUT2D eigenvalue weighted by Crippen LogP contribution is -2.27. The number of hydrogen-bond acceptors (Lipinski definition) is 5. The maximum Gasteiger partial charge on any atom is 0.331 e. The topological polar surface area (TPSA) is 95.9 Å². The van der Waals surface area contributed by atoms with Crippen molar-refractivity contribution in [1.29, 1.82) is 0 Å². The molecule has 0 saturated heterocycles. The maximum atomic E-state index is 9.69. The number of rotatable bonds is 7. The van der Waals surface area contributed by atoms with Crippen LogP contribution in [0.15, 0.2) is 18.2 Å². The van der Waals surface area contributed by atoms with Crippen LogP contribution >= 0.6 is 0 Å². The van der Waals surface area contributed by atoms with Crippen molar-refractivity contribution in [3.8, 4) is 5.75 Å². The molecule has 6 heteroatoms. The van der Waals surface area contributed by atoms with Gasteiger partial charge in [-0.05, 0) is 17.1 Å². The molecule has 17 heavy (non-hydrogen) atoms. The van der Waals surface area contributed by atoms with Crippen LogP contribution in [0.25, 0.3) is 0 Å². The van der Waals surface area contributed by atoms with Gasteiger partial charge in [-0.25, -0.2) is 0 Å². The van der Waals surface area contributed by atoms with E-state index in [4.69, 9.17) is 15.6 Å². The normalized spacial score (nSPS) is 12.2. The summed E-state index contributed by atoms with van der Waals surface area (Å²) in [7, 11) is 0.891. The molecule has 0 fully saturated rings. The van der Waals surface area contributed by atoms with E-state index in [0.717, 1.165) is 7.48 Å². The standard InChI is InChI=1S/C11H17BNO4/c13-7-9(15)8-3-1-4-10(11(8)12-16)17-6-2-5-14/h1,3-4,9,14-16H,2,5-7,13H2. The van der Waals surface area contributed by atoms with Gasteiger partial charge in [0, 0.05) is 19.6 Å². The quantitative estimate of drug-likeness (QED) is 0.349. The van der Waals surface area contributed by atoms with E-state index in [1.807, 2.05) is 0 Å². The van der Waals surface area contributed by atoms with Gasteiger partial charge in [0.05, 0.1) is 12.7 Å². The maximum absolute atomic E-state index is 9.69. The highest BCUT2D eigenvalue weighted by Crippen LogP contribution is 2.15. The lowest BCUT2D eigenvalue weighted by molar-refractivity contribution is 0.187. The van der Waals surface area contributed by atoms with Crippen LogP contribution in [0.4, 0.5) is 0 Å². The van der Waals surface area contributed by atoms with E-state index in [0.29, 0.717) is 29.8 Å². The van der Waals surface area contributed by atoms with Gasteiger partial charge in [-0.15, -0.1) is 0 Å². The van der Waals surface area contributed by atoms with E-state index in [2.05, 4.69) is 0 Å². The molecule has 0 aliphatic rings. The Morgan fingerprint density at radius 1 is 1.41 bits per heavy atom. The molecule has 0 aliphatic heterocycles. The minimum absolute atomic E-state index is 0.0449. The average Bonchev–Trinajstić information content (AvgIpc) is 2.37. The van der Waals surface area contributed by atoms with Gasteiger partial charge in [0.15, 0.2) is 0 Å². The van der Waals surface area contributed by atoms with E-state index in [1.54, 1.807) is 18.2 Å². The third-order valence-corrected chi connectivity index (χ3v) is 2.37. The molecule has 1 atom stereocenters. The first-order valence-electron chi connectivity index (χ1n) is 5.46.